The number of hydrogen-bond donors (Lipinski definition) is 1. The second kappa shape index (κ2) is 7.61. The first-order valence-corrected chi connectivity index (χ1v) is 14.6. The van der Waals surface area contributed by atoms with Gasteiger partial charge >= 0.3 is 5.97 Å². The third kappa shape index (κ3) is 3.41. The van der Waals surface area contributed by atoms with Gasteiger partial charge in [0.1, 0.15) is 6.10 Å². The molecule has 0 aromatic rings. The van der Waals surface area contributed by atoms with Crippen LogP contribution in [0.15, 0.2) is 11.6 Å². The van der Waals surface area contributed by atoms with Crippen LogP contribution in [0.2, 0.25) is 0 Å². The van der Waals surface area contributed by atoms with Gasteiger partial charge in [0.2, 0.25) is 0 Å². The first-order valence-electron chi connectivity index (χ1n) is 14.6. The SMILES string of the molecule is CC(=O)O[C@H]1CC[C@]2(C)[C@H]3CC[C@@]4(C)C(=CC[C@@]5(C)[C@H](O)CC(C)(C)C[C@H]54)[C@]3(C)CC[C@H]2C1(C)C. The summed E-state index contributed by atoms with van der Waals surface area (Å²) in [4.78, 5) is 11.9. The zero-order chi connectivity index (χ0) is 25.8. The molecule has 9 atom stereocenters. The van der Waals surface area contributed by atoms with Crippen molar-refractivity contribution in [1.82, 2.24) is 0 Å². The molecular weight excluding hydrogens is 432 g/mol. The Morgan fingerprint density at radius 3 is 2.06 bits per heavy atom. The Kier molecular flexibility index (Phi) is 5.61. The normalized spacial score (nSPS) is 52.2. The third-order valence-corrected chi connectivity index (χ3v) is 13.1. The van der Waals surface area contributed by atoms with Gasteiger partial charge in [-0.05, 0) is 97.2 Å². The number of fused-ring (bicyclic) bond motifs is 7. The second-order valence-electron chi connectivity index (χ2n) is 15.9. The van der Waals surface area contributed by atoms with Crippen molar-refractivity contribution < 1.29 is 14.6 Å². The van der Waals surface area contributed by atoms with Crippen molar-refractivity contribution in [3.8, 4) is 0 Å². The molecule has 0 spiro atoms. The van der Waals surface area contributed by atoms with Gasteiger partial charge < -0.3 is 9.84 Å². The van der Waals surface area contributed by atoms with E-state index >= 15 is 0 Å². The summed E-state index contributed by atoms with van der Waals surface area (Å²) in [6.45, 7) is 21.2. The molecule has 35 heavy (non-hydrogen) atoms. The van der Waals surface area contributed by atoms with Gasteiger partial charge in [-0.3, -0.25) is 4.79 Å². The van der Waals surface area contributed by atoms with Crippen LogP contribution in [0.25, 0.3) is 0 Å². The minimum absolute atomic E-state index is 0.00213. The molecule has 4 saturated carbocycles. The quantitative estimate of drug-likeness (QED) is 0.306. The summed E-state index contributed by atoms with van der Waals surface area (Å²) < 4.78 is 5.89. The van der Waals surface area contributed by atoms with Gasteiger partial charge in [0.25, 0.3) is 0 Å². The topological polar surface area (TPSA) is 46.5 Å². The molecule has 0 aromatic carbocycles. The van der Waals surface area contributed by atoms with Gasteiger partial charge in [-0.25, -0.2) is 0 Å². The zero-order valence-corrected chi connectivity index (χ0v) is 24.1. The average molecular weight is 485 g/mol. The molecule has 5 rings (SSSR count). The summed E-state index contributed by atoms with van der Waals surface area (Å²) in [5.41, 5.74) is 2.66. The van der Waals surface area contributed by atoms with Crippen LogP contribution in [0, 0.1) is 50.2 Å². The molecular formula is C32H52O3. The van der Waals surface area contributed by atoms with Crippen LogP contribution in [0.4, 0.5) is 0 Å². The molecule has 0 radical (unpaired) electrons. The van der Waals surface area contributed by atoms with E-state index in [1.807, 2.05) is 0 Å². The van der Waals surface area contributed by atoms with E-state index in [9.17, 15) is 9.90 Å². The standard InChI is InChI=1S/C32H52O3/c1-20(33)35-26-13-17-29(6)21(28(26,4)5)10-14-30(7)22(29)11-15-31(8)23(30)12-16-32(9)24(31)18-27(2,3)19-25(32)34/h12,21-22,24-26,34H,10-11,13-19H2,1-9H3/t21-,22+,24-,25+,26-,29-,30+,31-,32+/m0/s1. The van der Waals surface area contributed by atoms with E-state index in [0.29, 0.717) is 17.8 Å². The summed E-state index contributed by atoms with van der Waals surface area (Å²) in [5, 5.41) is 11.4. The Balaban J connectivity index is 1.52. The van der Waals surface area contributed by atoms with Gasteiger partial charge in [0.05, 0.1) is 6.10 Å². The fourth-order valence-electron chi connectivity index (χ4n) is 11.4. The molecule has 0 heterocycles. The van der Waals surface area contributed by atoms with Crippen LogP contribution in [0.3, 0.4) is 0 Å². The van der Waals surface area contributed by atoms with Crippen molar-refractivity contribution in [2.24, 2.45) is 50.2 Å². The summed E-state index contributed by atoms with van der Waals surface area (Å²) in [6, 6.07) is 0. The highest BCUT2D eigenvalue weighted by Gasteiger charge is 2.68. The predicted octanol–water partition coefficient (Wildman–Crippen LogP) is 7.71. The fraction of sp³-hybridized carbons (Fsp3) is 0.906. The number of carbonyl (C=O) groups is 1. The number of esters is 1. The maximum Gasteiger partial charge on any atom is 0.302 e. The van der Waals surface area contributed by atoms with Gasteiger partial charge in [0, 0.05) is 17.8 Å². The lowest BCUT2D eigenvalue weighted by atomic mass is 9.34. The molecule has 198 valence electrons. The number of ether oxygens (including phenoxy) is 1. The van der Waals surface area contributed by atoms with E-state index in [4.69, 9.17) is 4.74 Å². The zero-order valence-electron chi connectivity index (χ0n) is 24.1. The highest BCUT2D eigenvalue weighted by Crippen LogP contribution is 2.75. The average Bonchev–Trinajstić information content (AvgIpc) is 2.71. The molecule has 0 aromatic heterocycles. The fourth-order valence-corrected chi connectivity index (χ4v) is 11.4. The Hall–Kier alpha value is -0.830. The molecule has 0 bridgehead atoms. The largest absolute Gasteiger partial charge is 0.462 e. The van der Waals surface area contributed by atoms with Crippen molar-refractivity contribution in [2.45, 2.75) is 132 Å². The summed E-state index contributed by atoms with van der Waals surface area (Å²) >= 11 is 0. The van der Waals surface area contributed by atoms with E-state index < -0.39 is 0 Å². The molecule has 3 nitrogen and oxygen atoms in total. The smallest absolute Gasteiger partial charge is 0.302 e. The van der Waals surface area contributed by atoms with Gasteiger partial charge in [0.15, 0.2) is 0 Å². The van der Waals surface area contributed by atoms with Crippen LogP contribution < -0.4 is 0 Å². The van der Waals surface area contributed by atoms with E-state index in [2.05, 4.69) is 61.5 Å². The molecule has 3 heteroatoms. The second-order valence-corrected chi connectivity index (χ2v) is 15.9. The van der Waals surface area contributed by atoms with Crippen molar-refractivity contribution in [1.29, 1.82) is 0 Å². The van der Waals surface area contributed by atoms with Crippen LogP contribution >= 0.6 is 0 Å². The number of allylic oxidation sites excluding steroid dienone is 2. The Bertz CT molecular complexity index is 931. The van der Waals surface area contributed by atoms with E-state index in [1.54, 1.807) is 12.5 Å². The summed E-state index contributed by atoms with van der Waals surface area (Å²) in [6.07, 6.45) is 12.8. The molecule has 5 aliphatic carbocycles. The Morgan fingerprint density at radius 1 is 0.829 bits per heavy atom. The first-order chi connectivity index (χ1) is 16.0. The predicted molar refractivity (Wildman–Crippen MR) is 142 cm³/mol. The minimum atomic E-state index is -0.206. The van der Waals surface area contributed by atoms with Crippen LogP contribution in [-0.2, 0) is 9.53 Å². The van der Waals surface area contributed by atoms with Crippen molar-refractivity contribution >= 4 is 5.97 Å². The van der Waals surface area contributed by atoms with E-state index in [0.717, 1.165) is 25.7 Å². The van der Waals surface area contributed by atoms with Crippen LogP contribution in [-0.4, -0.2) is 23.3 Å². The summed E-state index contributed by atoms with van der Waals surface area (Å²) in [5.74, 6) is 1.68. The monoisotopic (exact) mass is 484 g/mol. The van der Waals surface area contributed by atoms with Crippen molar-refractivity contribution in [3.05, 3.63) is 11.6 Å². The van der Waals surface area contributed by atoms with Gasteiger partial charge in [-0.2, -0.15) is 0 Å². The highest BCUT2D eigenvalue weighted by molar-refractivity contribution is 5.66. The highest BCUT2D eigenvalue weighted by atomic mass is 16.5. The number of hydrogen-bond acceptors (Lipinski definition) is 3. The number of aliphatic hydroxyl groups is 1. The minimum Gasteiger partial charge on any atom is -0.462 e. The van der Waals surface area contributed by atoms with Crippen molar-refractivity contribution in [3.63, 3.8) is 0 Å². The lowest BCUT2D eigenvalue weighted by Gasteiger charge is -2.70. The van der Waals surface area contributed by atoms with Crippen LogP contribution in [0.5, 0.6) is 0 Å². The molecule has 0 amide bonds. The lowest BCUT2D eigenvalue weighted by molar-refractivity contribution is -0.202. The van der Waals surface area contributed by atoms with E-state index in [1.165, 1.54) is 32.1 Å². The molecule has 4 fully saturated rings. The summed E-state index contributed by atoms with van der Waals surface area (Å²) in [7, 11) is 0. The Labute approximate surface area is 214 Å². The molecule has 0 saturated heterocycles. The molecule has 1 N–H and O–H groups in total. The van der Waals surface area contributed by atoms with Gasteiger partial charge in [-0.15, -0.1) is 0 Å². The van der Waals surface area contributed by atoms with E-state index in [-0.39, 0.29) is 50.7 Å². The number of rotatable bonds is 1. The lowest BCUT2D eigenvalue weighted by Crippen LogP contribution is -2.64. The van der Waals surface area contributed by atoms with Crippen LogP contribution in [0.1, 0.15) is 120 Å². The maximum absolute atomic E-state index is 11.9. The van der Waals surface area contributed by atoms with Gasteiger partial charge in [-0.1, -0.05) is 67.0 Å². The number of carbonyl (C=O) groups excluding carboxylic acids is 1. The molecule has 0 unspecified atom stereocenters. The number of aliphatic hydroxyl groups excluding tert-OH is 1. The maximum atomic E-state index is 11.9. The third-order valence-electron chi connectivity index (χ3n) is 13.1. The molecule has 5 aliphatic rings. The first kappa shape index (κ1) is 25.8. The molecule has 0 aliphatic heterocycles. The Morgan fingerprint density at radius 2 is 1.43 bits per heavy atom. The van der Waals surface area contributed by atoms with Crippen molar-refractivity contribution in [2.75, 3.05) is 0 Å².